The zero-order valence-electron chi connectivity index (χ0n) is 8.40. The Bertz CT molecular complexity index is 416. The van der Waals surface area contributed by atoms with Crippen LogP contribution in [0.25, 0.3) is 0 Å². The Balaban J connectivity index is 3.00. The molecule has 0 saturated carbocycles. The molecule has 0 atom stereocenters. The maximum atomic E-state index is 10.6. The van der Waals surface area contributed by atoms with E-state index in [1.807, 2.05) is 0 Å². The molecule has 5 nitrogen and oxygen atoms in total. The van der Waals surface area contributed by atoms with E-state index in [9.17, 15) is 14.7 Å². The number of carbonyl (C=O) groups excluding carboxylic acids is 2. The average Bonchev–Trinajstić information content (AvgIpc) is 2.25. The summed E-state index contributed by atoms with van der Waals surface area (Å²) in [5.41, 5.74) is -0.435. The summed E-state index contributed by atoms with van der Waals surface area (Å²) in [4.78, 5) is 21.0. The minimum Gasteiger partial charge on any atom is -0.507 e. The molecule has 0 aliphatic rings. The Hall–Kier alpha value is -1.75. The van der Waals surface area contributed by atoms with Gasteiger partial charge in [0, 0.05) is 11.6 Å². The number of methoxy groups -OCH3 is 1. The lowest BCUT2D eigenvalue weighted by molar-refractivity contribution is 0.111. The van der Waals surface area contributed by atoms with Crippen LogP contribution in [0, 0.1) is 0 Å². The summed E-state index contributed by atoms with van der Waals surface area (Å²) in [6.07, 6.45) is 0.478. The fourth-order valence-corrected chi connectivity index (χ4v) is 1.23. The quantitative estimate of drug-likeness (QED) is 0.649. The summed E-state index contributed by atoms with van der Waals surface area (Å²) < 4.78 is 9.43. The van der Waals surface area contributed by atoms with Crippen LogP contribution in [-0.4, -0.2) is 23.9 Å². The van der Waals surface area contributed by atoms with E-state index < -0.39 is 5.43 Å². The molecule has 0 bridgehead atoms. The molecule has 0 heterocycles. The fraction of sp³-hybridized carbons (Fsp3) is 0.200. The van der Waals surface area contributed by atoms with Crippen LogP contribution in [0.4, 0.5) is 4.79 Å². The largest absolute Gasteiger partial charge is 0.507 e. The number of hydrogen-bond donors (Lipinski definition) is 1. The molecule has 0 aromatic heterocycles. The molecule has 86 valence electrons. The van der Waals surface area contributed by atoms with Crippen molar-refractivity contribution in [3.8, 4) is 11.5 Å². The van der Waals surface area contributed by atoms with E-state index in [1.54, 1.807) is 0 Å². The fourth-order valence-electron chi connectivity index (χ4n) is 1.18. The van der Waals surface area contributed by atoms with Gasteiger partial charge in [-0.15, -0.1) is 0 Å². The minimum atomic E-state index is -0.946. The third-order valence-electron chi connectivity index (χ3n) is 1.87. The number of carbonyl (C=O) groups is 2. The van der Waals surface area contributed by atoms with Crippen LogP contribution in [0.2, 0.25) is 0 Å². The van der Waals surface area contributed by atoms with E-state index in [4.69, 9.17) is 16.3 Å². The number of aldehydes is 1. The molecule has 1 aromatic rings. The number of rotatable bonds is 4. The van der Waals surface area contributed by atoms with E-state index in [2.05, 4.69) is 4.74 Å². The van der Waals surface area contributed by atoms with Gasteiger partial charge in [-0.3, -0.25) is 4.79 Å². The van der Waals surface area contributed by atoms with Gasteiger partial charge in [0.1, 0.15) is 18.1 Å². The van der Waals surface area contributed by atoms with Crippen LogP contribution in [-0.2, 0) is 11.3 Å². The molecule has 0 amide bonds. The highest BCUT2D eigenvalue weighted by molar-refractivity contribution is 6.61. The number of ether oxygens (including phenoxy) is 2. The highest BCUT2D eigenvalue weighted by Crippen LogP contribution is 2.28. The molecule has 0 spiro atoms. The number of halogens is 1. The molecule has 0 aliphatic carbocycles. The molecule has 0 saturated heterocycles. The van der Waals surface area contributed by atoms with Crippen LogP contribution >= 0.6 is 11.6 Å². The van der Waals surface area contributed by atoms with E-state index in [0.29, 0.717) is 11.8 Å². The summed E-state index contributed by atoms with van der Waals surface area (Å²) in [6.45, 7) is -0.106. The van der Waals surface area contributed by atoms with Gasteiger partial charge < -0.3 is 14.6 Å². The summed E-state index contributed by atoms with van der Waals surface area (Å²) >= 11 is 4.99. The molecule has 16 heavy (non-hydrogen) atoms. The van der Waals surface area contributed by atoms with E-state index in [0.717, 1.165) is 0 Å². The molecule has 1 N–H and O–H groups in total. The number of aromatic hydroxyl groups is 1. The Labute approximate surface area is 96.5 Å². The zero-order chi connectivity index (χ0) is 12.1. The lowest BCUT2D eigenvalue weighted by Gasteiger charge is -2.08. The molecule has 6 heteroatoms. The molecule has 1 aromatic carbocycles. The van der Waals surface area contributed by atoms with Gasteiger partial charge in [-0.2, -0.15) is 0 Å². The van der Waals surface area contributed by atoms with Crippen LogP contribution in [0.3, 0.4) is 0 Å². The molecular formula is C10H9ClO5. The number of hydrogen-bond acceptors (Lipinski definition) is 5. The van der Waals surface area contributed by atoms with Crippen molar-refractivity contribution in [1.29, 1.82) is 0 Å². The average molecular weight is 245 g/mol. The molecule has 0 radical (unpaired) electrons. The lowest BCUT2D eigenvalue weighted by atomic mass is 10.1. The first kappa shape index (κ1) is 12.3. The summed E-state index contributed by atoms with van der Waals surface area (Å²) in [5.74, 6) is -0.0365. The van der Waals surface area contributed by atoms with Gasteiger partial charge >= 0.3 is 5.43 Å². The van der Waals surface area contributed by atoms with Gasteiger partial charge in [-0.05, 0) is 17.7 Å². The third kappa shape index (κ3) is 2.87. The molecule has 0 fully saturated rings. The maximum Gasteiger partial charge on any atom is 0.404 e. The standard InChI is InChI=1S/C10H9ClO5/c1-15-9-3-6(5-16-10(11)14)2-8(13)7(9)4-12/h2-4,13H,5H2,1H3. The van der Waals surface area contributed by atoms with Crippen molar-refractivity contribution in [3.63, 3.8) is 0 Å². The van der Waals surface area contributed by atoms with Crippen LogP contribution in [0.15, 0.2) is 12.1 Å². The monoisotopic (exact) mass is 244 g/mol. The SMILES string of the molecule is COc1cc(COC(=O)Cl)cc(O)c1C=O. The summed E-state index contributed by atoms with van der Waals surface area (Å²) in [6, 6.07) is 2.77. The number of phenolic OH excluding ortho intramolecular Hbond substituents is 1. The van der Waals surface area contributed by atoms with Crippen molar-refractivity contribution in [2.75, 3.05) is 7.11 Å². The second kappa shape index (κ2) is 5.37. The van der Waals surface area contributed by atoms with Crippen molar-refractivity contribution in [3.05, 3.63) is 23.3 Å². The first-order valence-electron chi connectivity index (χ1n) is 4.25. The van der Waals surface area contributed by atoms with Crippen molar-refractivity contribution in [2.24, 2.45) is 0 Å². The number of benzene rings is 1. The smallest absolute Gasteiger partial charge is 0.404 e. The van der Waals surface area contributed by atoms with Crippen LogP contribution in [0.1, 0.15) is 15.9 Å². The van der Waals surface area contributed by atoms with E-state index >= 15 is 0 Å². The Kier molecular flexibility index (Phi) is 4.13. The second-order valence-corrected chi connectivity index (χ2v) is 3.18. The Morgan fingerprint density at radius 3 is 2.75 bits per heavy atom. The van der Waals surface area contributed by atoms with Gasteiger partial charge in [0.15, 0.2) is 6.29 Å². The van der Waals surface area contributed by atoms with Gasteiger partial charge in [0.25, 0.3) is 0 Å². The summed E-state index contributed by atoms with van der Waals surface area (Å²) in [5, 5.41) is 9.48. The topological polar surface area (TPSA) is 72.8 Å². The normalized spacial score (nSPS) is 9.62. The Morgan fingerprint density at radius 1 is 1.56 bits per heavy atom. The van der Waals surface area contributed by atoms with Crippen molar-refractivity contribution in [2.45, 2.75) is 6.61 Å². The molecular weight excluding hydrogens is 236 g/mol. The summed E-state index contributed by atoms with van der Waals surface area (Å²) in [7, 11) is 1.36. The predicted molar refractivity (Wildman–Crippen MR) is 56.1 cm³/mol. The van der Waals surface area contributed by atoms with Crippen LogP contribution in [0.5, 0.6) is 11.5 Å². The van der Waals surface area contributed by atoms with Crippen molar-refractivity contribution < 1.29 is 24.2 Å². The van der Waals surface area contributed by atoms with Crippen LogP contribution < -0.4 is 4.74 Å². The maximum absolute atomic E-state index is 10.6. The minimum absolute atomic E-state index is 0.0449. The van der Waals surface area contributed by atoms with E-state index in [-0.39, 0.29) is 23.7 Å². The van der Waals surface area contributed by atoms with Crippen molar-refractivity contribution >= 4 is 23.3 Å². The zero-order valence-corrected chi connectivity index (χ0v) is 9.15. The van der Waals surface area contributed by atoms with Crippen molar-refractivity contribution in [1.82, 2.24) is 0 Å². The lowest BCUT2D eigenvalue weighted by Crippen LogP contribution is -1.98. The van der Waals surface area contributed by atoms with Gasteiger partial charge in [-0.1, -0.05) is 0 Å². The second-order valence-electron chi connectivity index (χ2n) is 2.88. The van der Waals surface area contributed by atoms with E-state index in [1.165, 1.54) is 19.2 Å². The molecule has 0 aliphatic heterocycles. The Morgan fingerprint density at radius 2 is 2.25 bits per heavy atom. The number of phenols is 1. The third-order valence-corrected chi connectivity index (χ3v) is 1.98. The highest BCUT2D eigenvalue weighted by Gasteiger charge is 2.11. The molecule has 0 unspecified atom stereocenters. The van der Waals surface area contributed by atoms with Gasteiger partial charge in [-0.25, -0.2) is 4.79 Å². The van der Waals surface area contributed by atoms with Gasteiger partial charge in [0.2, 0.25) is 0 Å². The predicted octanol–water partition coefficient (Wildman–Crippen LogP) is 2.09. The van der Waals surface area contributed by atoms with Gasteiger partial charge in [0.05, 0.1) is 12.7 Å². The molecule has 1 rings (SSSR count). The first-order chi connectivity index (χ1) is 7.58. The first-order valence-corrected chi connectivity index (χ1v) is 4.63. The highest BCUT2D eigenvalue weighted by atomic mass is 35.5.